The van der Waals surface area contributed by atoms with Crippen LogP contribution in [0.25, 0.3) is 10.9 Å². The van der Waals surface area contributed by atoms with Gasteiger partial charge in [0.1, 0.15) is 17.7 Å². The standard InChI is InChI=1S/C26H27N5O4S/c1-4-21(32)31(3)36-26(10-11-26)16-35-24-22-19(9-12-28-24)13-20(25(34)30(22)2)23(33)29-15-18-7-5-17(14-27)6-8-18/h5-9,12-13H,4,10-11,15-16H2,1-3H3,(H,29,33). The predicted molar refractivity (Wildman–Crippen MR) is 137 cm³/mol. The monoisotopic (exact) mass is 505 g/mol. The average Bonchev–Trinajstić information content (AvgIpc) is 3.66. The fourth-order valence-corrected chi connectivity index (χ4v) is 5.02. The van der Waals surface area contributed by atoms with Crippen LogP contribution in [0.2, 0.25) is 0 Å². The lowest BCUT2D eigenvalue weighted by molar-refractivity contribution is -0.124. The normalized spacial score (nSPS) is 13.6. The summed E-state index contributed by atoms with van der Waals surface area (Å²) in [5.74, 6) is -0.118. The second kappa shape index (κ2) is 10.4. The van der Waals surface area contributed by atoms with E-state index in [9.17, 15) is 14.4 Å². The summed E-state index contributed by atoms with van der Waals surface area (Å²) in [5.41, 5.74) is 1.42. The van der Waals surface area contributed by atoms with Crippen LogP contribution < -0.4 is 15.6 Å². The Bertz CT molecular complexity index is 1410. The molecule has 36 heavy (non-hydrogen) atoms. The molecule has 0 bridgehead atoms. The molecule has 2 heterocycles. The summed E-state index contributed by atoms with van der Waals surface area (Å²) in [5, 5.41) is 12.3. The van der Waals surface area contributed by atoms with Gasteiger partial charge in [0.15, 0.2) is 0 Å². The fourth-order valence-electron chi connectivity index (χ4n) is 3.81. The maximum atomic E-state index is 13.1. The van der Waals surface area contributed by atoms with E-state index in [-0.39, 0.29) is 22.8 Å². The van der Waals surface area contributed by atoms with Gasteiger partial charge in [-0.2, -0.15) is 5.26 Å². The molecule has 186 valence electrons. The number of pyridine rings is 2. The van der Waals surface area contributed by atoms with Crippen molar-refractivity contribution in [1.29, 1.82) is 5.26 Å². The zero-order valence-corrected chi connectivity index (χ0v) is 21.2. The number of nitrogens with zero attached hydrogens (tertiary/aromatic N) is 4. The van der Waals surface area contributed by atoms with E-state index in [1.54, 1.807) is 61.0 Å². The van der Waals surface area contributed by atoms with Crippen LogP contribution in [0.3, 0.4) is 0 Å². The summed E-state index contributed by atoms with van der Waals surface area (Å²) < 4.78 is 8.92. The number of aryl methyl sites for hydroxylation is 1. The molecule has 1 aromatic carbocycles. The number of ether oxygens (including phenoxy) is 1. The molecule has 3 aromatic rings. The summed E-state index contributed by atoms with van der Waals surface area (Å²) >= 11 is 1.48. The molecule has 1 saturated carbocycles. The molecule has 9 nitrogen and oxygen atoms in total. The molecule has 0 spiro atoms. The minimum Gasteiger partial charge on any atom is -0.475 e. The molecular formula is C26H27N5O4S. The Labute approximate surface area is 213 Å². The van der Waals surface area contributed by atoms with Crippen molar-refractivity contribution in [2.45, 2.75) is 37.5 Å². The van der Waals surface area contributed by atoms with Crippen LogP contribution in [0.1, 0.15) is 47.7 Å². The van der Waals surface area contributed by atoms with E-state index < -0.39 is 11.5 Å². The number of nitriles is 1. The van der Waals surface area contributed by atoms with Crippen LogP contribution >= 0.6 is 11.9 Å². The van der Waals surface area contributed by atoms with Gasteiger partial charge in [-0.15, -0.1) is 0 Å². The maximum absolute atomic E-state index is 13.1. The third kappa shape index (κ3) is 5.36. The highest BCUT2D eigenvalue weighted by molar-refractivity contribution is 7.99. The smallest absolute Gasteiger partial charge is 0.263 e. The molecule has 10 heteroatoms. The molecule has 2 amide bonds. The highest BCUT2D eigenvalue weighted by atomic mass is 32.2. The predicted octanol–water partition coefficient (Wildman–Crippen LogP) is 3.16. The molecule has 4 rings (SSSR count). The molecule has 0 aliphatic heterocycles. The summed E-state index contributed by atoms with van der Waals surface area (Å²) in [6, 6.07) is 12.2. The largest absolute Gasteiger partial charge is 0.475 e. The van der Waals surface area contributed by atoms with E-state index >= 15 is 0 Å². The number of carbonyl (C=O) groups is 2. The third-order valence-electron chi connectivity index (χ3n) is 6.14. The lowest BCUT2D eigenvalue weighted by atomic mass is 10.1. The number of nitrogens with one attached hydrogen (secondary N) is 1. The third-order valence-corrected chi connectivity index (χ3v) is 7.53. The number of carbonyl (C=O) groups excluding carboxylic acids is 2. The Hall–Kier alpha value is -3.84. The van der Waals surface area contributed by atoms with Gasteiger partial charge in [-0.05, 0) is 54.6 Å². The van der Waals surface area contributed by atoms with Gasteiger partial charge < -0.3 is 14.6 Å². The minimum atomic E-state index is -0.488. The number of rotatable bonds is 9. The Morgan fingerprint density at radius 1 is 1.28 bits per heavy atom. The van der Waals surface area contributed by atoms with Crippen molar-refractivity contribution in [2.75, 3.05) is 13.7 Å². The van der Waals surface area contributed by atoms with E-state index in [0.29, 0.717) is 35.4 Å². The molecule has 1 aliphatic rings. The molecule has 1 fully saturated rings. The molecule has 1 N–H and O–H groups in total. The molecule has 2 aromatic heterocycles. The number of hydrogen-bond acceptors (Lipinski definition) is 7. The van der Waals surface area contributed by atoms with Gasteiger partial charge in [-0.25, -0.2) is 4.98 Å². The molecule has 0 unspecified atom stereocenters. The molecule has 0 saturated heterocycles. The van der Waals surface area contributed by atoms with Crippen molar-refractivity contribution in [2.24, 2.45) is 7.05 Å². The fraction of sp³-hybridized carbons (Fsp3) is 0.346. The zero-order valence-electron chi connectivity index (χ0n) is 20.4. The lowest BCUT2D eigenvalue weighted by Gasteiger charge is -2.22. The second-order valence-corrected chi connectivity index (χ2v) is 10.4. The van der Waals surface area contributed by atoms with Crippen molar-refractivity contribution in [3.05, 3.63) is 69.6 Å². The minimum absolute atomic E-state index is 0.0183. The number of aromatic nitrogens is 2. The maximum Gasteiger partial charge on any atom is 0.263 e. The van der Waals surface area contributed by atoms with E-state index in [2.05, 4.69) is 16.4 Å². The second-order valence-electron chi connectivity index (χ2n) is 8.78. The van der Waals surface area contributed by atoms with Crippen LogP contribution in [0.4, 0.5) is 0 Å². The highest BCUT2D eigenvalue weighted by Gasteiger charge is 2.47. The van der Waals surface area contributed by atoms with E-state index in [4.69, 9.17) is 10.00 Å². The first-order chi connectivity index (χ1) is 17.3. The Morgan fingerprint density at radius 3 is 2.64 bits per heavy atom. The van der Waals surface area contributed by atoms with Crippen LogP contribution in [0, 0.1) is 11.3 Å². The molecule has 1 aliphatic carbocycles. The molecular weight excluding hydrogens is 478 g/mol. The molecule has 0 radical (unpaired) electrons. The van der Waals surface area contributed by atoms with Crippen molar-refractivity contribution in [3.63, 3.8) is 0 Å². The Kier molecular flexibility index (Phi) is 7.31. The van der Waals surface area contributed by atoms with Crippen molar-refractivity contribution in [1.82, 2.24) is 19.2 Å². The first-order valence-corrected chi connectivity index (χ1v) is 12.4. The van der Waals surface area contributed by atoms with Gasteiger partial charge in [0.05, 0.1) is 16.4 Å². The van der Waals surface area contributed by atoms with Gasteiger partial charge in [0.25, 0.3) is 11.5 Å². The van der Waals surface area contributed by atoms with Crippen LogP contribution in [0.5, 0.6) is 5.88 Å². The van der Waals surface area contributed by atoms with Crippen LogP contribution in [-0.4, -0.2) is 44.1 Å². The van der Waals surface area contributed by atoms with Crippen molar-refractivity contribution < 1.29 is 14.3 Å². The summed E-state index contributed by atoms with van der Waals surface area (Å²) in [6.45, 7) is 2.41. The van der Waals surface area contributed by atoms with Crippen LogP contribution in [-0.2, 0) is 18.4 Å². The zero-order chi connectivity index (χ0) is 25.9. The Morgan fingerprint density at radius 2 is 2.00 bits per heavy atom. The SMILES string of the molecule is CCC(=O)N(C)SC1(COc2nccc3cc(C(=O)NCc4ccc(C#N)cc4)c(=O)n(C)c23)CC1. The van der Waals surface area contributed by atoms with Gasteiger partial charge in [-0.3, -0.25) is 18.7 Å². The first kappa shape index (κ1) is 25.3. The van der Waals surface area contributed by atoms with E-state index in [1.165, 1.54) is 16.5 Å². The number of amides is 2. The number of hydrogen-bond donors (Lipinski definition) is 1. The highest BCUT2D eigenvalue weighted by Crippen LogP contribution is 2.50. The van der Waals surface area contributed by atoms with E-state index in [1.807, 2.05) is 6.92 Å². The van der Waals surface area contributed by atoms with Gasteiger partial charge in [0, 0.05) is 38.6 Å². The van der Waals surface area contributed by atoms with Gasteiger partial charge in [-0.1, -0.05) is 19.1 Å². The number of benzene rings is 1. The summed E-state index contributed by atoms with van der Waals surface area (Å²) in [7, 11) is 3.36. The topological polar surface area (TPSA) is 117 Å². The first-order valence-electron chi connectivity index (χ1n) is 11.6. The Balaban J connectivity index is 1.51. The van der Waals surface area contributed by atoms with E-state index in [0.717, 1.165) is 18.4 Å². The number of fused-ring (bicyclic) bond motifs is 1. The van der Waals surface area contributed by atoms with Gasteiger partial charge in [0.2, 0.25) is 11.8 Å². The lowest BCUT2D eigenvalue weighted by Crippen LogP contribution is -2.32. The summed E-state index contributed by atoms with van der Waals surface area (Å²) in [6.07, 6.45) is 3.87. The quantitative estimate of drug-likeness (QED) is 0.444. The van der Waals surface area contributed by atoms with Crippen molar-refractivity contribution >= 4 is 34.7 Å². The van der Waals surface area contributed by atoms with Crippen molar-refractivity contribution in [3.8, 4) is 11.9 Å². The van der Waals surface area contributed by atoms with Gasteiger partial charge >= 0.3 is 0 Å². The average molecular weight is 506 g/mol. The molecule has 0 atom stereocenters. The summed E-state index contributed by atoms with van der Waals surface area (Å²) in [4.78, 5) is 42.2. The van der Waals surface area contributed by atoms with Crippen LogP contribution in [0.15, 0.2) is 47.4 Å².